The van der Waals surface area contributed by atoms with Crippen molar-refractivity contribution in [2.45, 2.75) is 86.7 Å². The predicted octanol–water partition coefficient (Wildman–Crippen LogP) is -2.76. The number of hydrogen-bond donors (Lipinski definition) is 8. The Morgan fingerprint density at radius 1 is 0.500 bits per heavy atom. The van der Waals surface area contributed by atoms with Crippen molar-refractivity contribution >= 4 is 0 Å². The third kappa shape index (κ3) is 5.65. The summed E-state index contributed by atoms with van der Waals surface area (Å²) in [6, 6.07) is 7.64. The van der Waals surface area contributed by atoms with Crippen LogP contribution in [0.5, 0.6) is 0 Å². The first kappa shape index (κ1) is 25.4. The van der Waals surface area contributed by atoms with E-state index in [2.05, 4.69) is 0 Å². The van der Waals surface area contributed by atoms with Crippen LogP contribution in [0.4, 0.5) is 0 Å². The lowest BCUT2D eigenvalue weighted by atomic mass is 9.91. The molecule has 0 unspecified atom stereocenters. The first-order valence-electron chi connectivity index (χ1n) is 11.0. The summed E-state index contributed by atoms with van der Waals surface area (Å²) in [7, 11) is 0. The zero-order valence-electron chi connectivity index (χ0n) is 17.7. The van der Waals surface area contributed by atoms with Crippen molar-refractivity contribution in [1.82, 2.24) is 0 Å². The molecule has 0 amide bonds. The Bertz CT molecular complexity index is 637. The highest BCUT2D eigenvalue weighted by molar-refractivity contribution is 5.23. The first-order valence-corrected chi connectivity index (χ1v) is 11.0. The second-order valence-electron chi connectivity index (χ2n) is 8.63. The van der Waals surface area contributed by atoms with Crippen molar-refractivity contribution in [2.24, 2.45) is 0 Å². The SMILES string of the molecule is OC[C@H]1O[C@H](CCc2ccc(CC[C@H]3O[C@H](CO)[C@@H](O)[C@H](O)[C@@H]3O)cc2)[C@@H](O)[C@@H](O)[C@@H]1O. The van der Waals surface area contributed by atoms with E-state index in [4.69, 9.17) is 9.47 Å². The summed E-state index contributed by atoms with van der Waals surface area (Å²) in [4.78, 5) is 0. The second-order valence-corrected chi connectivity index (χ2v) is 8.63. The van der Waals surface area contributed by atoms with Gasteiger partial charge in [0, 0.05) is 0 Å². The zero-order valence-corrected chi connectivity index (χ0v) is 17.7. The molecule has 0 bridgehead atoms. The number of aliphatic hydroxyl groups is 8. The molecule has 0 aliphatic carbocycles. The maximum absolute atomic E-state index is 10.1. The molecule has 10 nitrogen and oxygen atoms in total. The Morgan fingerprint density at radius 3 is 1.12 bits per heavy atom. The molecule has 8 N–H and O–H groups in total. The quantitative estimate of drug-likeness (QED) is 0.203. The molecule has 0 saturated carbocycles. The lowest BCUT2D eigenvalue weighted by Crippen LogP contribution is -2.58. The van der Waals surface area contributed by atoms with Crippen LogP contribution in [0.2, 0.25) is 0 Å². The number of aliphatic hydroxyl groups excluding tert-OH is 8. The molecular formula is C22H34O10. The van der Waals surface area contributed by atoms with E-state index in [0.29, 0.717) is 25.7 Å². The van der Waals surface area contributed by atoms with Crippen molar-refractivity contribution in [2.75, 3.05) is 13.2 Å². The molecular weight excluding hydrogens is 424 g/mol. The number of rotatable bonds is 8. The van der Waals surface area contributed by atoms with Gasteiger partial charge in [-0.2, -0.15) is 0 Å². The van der Waals surface area contributed by atoms with E-state index < -0.39 is 74.3 Å². The van der Waals surface area contributed by atoms with Crippen LogP contribution in [0, 0.1) is 0 Å². The lowest BCUT2D eigenvalue weighted by molar-refractivity contribution is -0.230. The Labute approximate surface area is 186 Å². The summed E-state index contributed by atoms with van der Waals surface area (Å²) in [5.74, 6) is 0. The fourth-order valence-corrected chi connectivity index (χ4v) is 4.32. The van der Waals surface area contributed by atoms with Crippen LogP contribution in [0.1, 0.15) is 24.0 Å². The largest absolute Gasteiger partial charge is 0.394 e. The minimum atomic E-state index is -1.38. The Balaban J connectivity index is 1.50. The normalized spacial score (nSPS) is 40.4. The highest BCUT2D eigenvalue weighted by Crippen LogP contribution is 2.26. The average Bonchev–Trinajstić information content (AvgIpc) is 2.81. The van der Waals surface area contributed by atoms with Crippen molar-refractivity contribution in [3.8, 4) is 0 Å². The van der Waals surface area contributed by atoms with E-state index in [1.54, 1.807) is 0 Å². The molecule has 3 rings (SSSR count). The van der Waals surface area contributed by atoms with E-state index in [1.807, 2.05) is 24.3 Å². The third-order valence-electron chi connectivity index (χ3n) is 6.44. The van der Waals surface area contributed by atoms with Gasteiger partial charge in [-0.1, -0.05) is 24.3 Å². The maximum Gasteiger partial charge on any atom is 0.111 e. The van der Waals surface area contributed by atoms with Gasteiger partial charge in [-0.25, -0.2) is 0 Å². The van der Waals surface area contributed by atoms with E-state index in [9.17, 15) is 40.9 Å². The molecule has 0 aromatic heterocycles. The lowest BCUT2D eigenvalue weighted by Gasteiger charge is -2.40. The van der Waals surface area contributed by atoms with Gasteiger partial charge in [0.2, 0.25) is 0 Å². The molecule has 1 aromatic rings. The summed E-state index contributed by atoms with van der Waals surface area (Å²) in [5, 5.41) is 78.3. The number of benzene rings is 1. The molecule has 2 fully saturated rings. The molecule has 0 radical (unpaired) electrons. The van der Waals surface area contributed by atoms with Crippen LogP contribution < -0.4 is 0 Å². The smallest absolute Gasteiger partial charge is 0.111 e. The highest BCUT2D eigenvalue weighted by atomic mass is 16.5. The summed E-state index contributed by atoms with van der Waals surface area (Å²) in [5.41, 5.74) is 1.94. The summed E-state index contributed by atoms with van der Waals surface area (Å²) in [6.45, 7) is -0.908. The predicted molar refractivity (Wildman–Crippen MR) is 111 cm³/mol. The highest BCUT2D eigenvalue weighted by Gasteiger charge is 2.44. The molecule has 2 aliphatic rings. The van der Waals surface area contributed by atoms with Gasteiger partial charge in [0.25, 0.3) is 0 Å². The van der Waals surface area contributed by atoms with Crippen molar-refractivity contribution in [3.05, 3.63) is 35.4 Å². The van der Waals surface area contributed by atoms with Gasteiger partial charge < -0.3 is 50.3 Å². The first-order chi connectivity index (χ1) is 15.3. The van der Waals surface area contributed by atoms with Crippen molar-refractivity contribution in [3.63, 3.8) is 0 Å². The molecule has 10 atom stereocenters. The van der Waals surface area contributed by atoms with Gasteiger partial charge in [0.1, 0.15) is 48.8 Å². The molecule has 2 aliphatic heterocycles. The van der Waals surface area contributed by atoms with Crippen LogP contribution in [-0.2, 0) is 22.3 Å². The molecule has 182 valence electrons. The maximum atomic E-state index is 10.1. The van der Waals surface area contributed by atoms with Crippen LogP contribution in [-0.4, -0.2) is 115 Å². The Hall–Kier alpha value is -1.18. The van der Waals surface area contributed by atoms with Gasteiger partial charge in [0.05, 0.1) is 25.4 Å². The Morgan fingerprint density at radius 2 is 0.812 bits per heavy atom. The molecule has 2 saturated heterocycles. The van der Waals surface area contributed by atoms with E-state index >= 15 is 0 Å². The van der Waals surface area contributed by atoms with Gasteiger partial charge in [-0.3, -0.25) is 0 Å². The number of ether oxygens (including phenoxy) is 2. The fourth-order valence-electron chi connectivity index (χ4n) is 4.32. The number of hydrogen-bond acceptors (Lipinski definition) is 10. The summed E-state index contributed by atoms with van der Waals surface area (Å²) in [6.07, 6.45) is -9.34. The average molecular weight is 459 g/mol. The Kier molecular flexibility index (Phi) is 8.98. The summed E-state index contributed by atoms with van der Waals surface area (Å²) < 4.78 is 11.0. The minimum absolute atomic E-state index is 0.395. The van der Waals surface area contributed by atoms with E-state index in [1.165, 1.54) is 0 Å². The molecule has 0 spiro atoms. The standard InChI is InChI=1S/C22H34O10/c23-9-15-19(27)21(29)17(25)13(31-15)7-5-11-1-2-12(4-3-11)6-8-14-18(26)22(30)20(28)16(10-24)32-14/h1-4,13-30H,5-10H2/t13-,14-,15-,16-,17-,18-,19-,20-,21-,22-/m1/s1. The van der Waals surface area contributed by atoms with Crippen LogP contribution in [0.15, 0.2) is 24.3 Å². The van der Waals surface area contributed by atoms with Crippen LogP contribution in [0.25, 0.3) is 0 Å². The van der Waals surface area contributed by atoms with Gasteiger partial charge in [0.15, 0.2) is 0 Å². The zero-order chi connectivity index (χ0) is 23.4. The molecule has 1 aromatic carbocycles. The molecule has 10 heteroatoms. The van der Waals surface area contributed by atoms with E-state index in [-0.39, 0.29) is 0 Å². The topological polar surface area (TPSA) is 180 Å². The third-order valence-corrected chi connectivity index (χ3v) is 6.44. The fraction of sp³-hybridized carbons (Fsp3) is 0.727. The number of aryl methyl sites for hydroxylation is 2. The van der Waals surface area contributed by atoms with Crippen LogP contribution >= 0.6 is 0 Å². The second kappa shape index (κ2) is 11.3. The summed E-state index contributed by atoms with van der Waals surface area (Å²) >= 11 is 0. The molecule has 2 heterocycles. The van der Waals surface area contributed by atoms with Crippen LogP contribution in [0.3, 0.4) is 0 Å². The van der Waals surface area contributed by atoms with Crippen molar-refractivity contribution < 1.29 is 50.3 Å². The minimum Gasteiger partial charge on any atom is -0.394 e. The van der Waals surface area contributed by atoms with Crippen molar-refractivity contribution in [1.29, 1.82) is 0 Å². The van der Waals surface area contributed by atoms with Gasteiger partial charge >= 0.3 is 0 Å². The monoisotopic (exact) mass is 458 g/mol. The van der Waals surface area contributed by atoms with Gasteiger partial charge in [-0.15, -0.1) is 0 Å². The van der Waals surface area contributed by atoms with E-state index in [0.717, 1.165) is 11.1 Å². The molecule has 32 heavy (non-hydrogen) atoms. The van der Waals surface area contributed by atoms with Gasteiger partial charge in [-0.05, 0) is 36.8 Å².